The van der Waals surface area contributed by atoms with Gasteiger partial charge in [0.05, 0.1) is 0 Å². The van der Waals surface area contributed by atoms with Gasteiger partial charge in [0.1, 0.15) is 0 Å². The highest BCUT2D eigenvalue weighted by atomic mass is 14.9. The van der Waals surface area contributed by atoms with E-state index in [-0.39, 0.29) is 0 Å². The van der Waals surface area contributed by atoms with Crippen molar-refractivity contribution < 1.29 is 1.37 Å². The standard InChI is InChI=1S/C11H17N/c1-9(2)12-8-11-6-4-10(3)5-7-11/h4-7,9,12H,8H2,1-3H3/i9D. The van der Waals surface area contributed by atoms with Crippen LogP contribution < -0.4 is 5.32 Å². The minimum Gasteiger partial charge on any atom is -0.310 e. The van der Waals surface area contributed by atoms with Crippen LogP contribution in [0.5, 0.6) is 0 Å². The minimum absolute atomic E-state index is 0.551. The van der Waals surface area contributed by atoms with E-state index in [2.05, 4.69) is 36.5 Å². The van der Waals surface area contributed by atoms with E-state index in [1.807, 2.05) is 13.8 Å². The van der Waals surface area contributed by atoms with Crippen molar-refractivity contribution in [2.45, 2.75) is 33.3 Å². The highest BCUT2D eigenvalue weighted by Crippen LogP contribution is 2.02. The van der Waals surface area contributed by atoms with Crippen LogP contribution in [0.1, 0.15) is 26.3 Å². The van der Waals surface area contributed by atoms with Crippen LogP contribution in [-0.2, 0) is 6.54 Å². The van der Waals surface area contributed by atoms with E-state index < -0.39 is 6.02 Å². The zero-order valence-electron chi connectivity index (χ0n) is 9.02. The molecule has 0 atom stereocenters. The SMILES string of the molecule is [2H]C(C)(C)NCc1ccc(C)cc1. The Labute approximate surface area is 76.2 Å². The number of rotatable bonds is 3. The third-order valence-corrected chi connectivity index (χ3v) is 1.77. The van der Waals surface area contributed by atoms with Crippen LogP contribution in [0.2, 0.25) is 0 Å². The zero-order chi connectivity index (χ0) is 9.90. The summed E-state index contributed by atoms with van der Waals surface area (Å²) < 4.78 is 7.61. The summed E-state index contributed by atoms with van der Waals surface area (Å²) in [5.41, 5.74) is 2.50. The van der Waals surface area contributed by atoms with Crippen molar-refractivity contribution >= 4 is 0 Å². The maximum atomic E-state index is 7.61. The first-order valence-electron chi connectivity index (χ1n) is 4.78. The third kappa shape index (κ3) is 3.05. The second-order valence-electron chi connectivity index (χ2n) is 3.34. The topological polar surface area (TPSA) is 12.0 Å². The highest BCUT2D eigenvalue weighted by molar-refractivity contribution is 5.21. The molecule has 0 amide bonds. The molecule has 0 aromatic heterocycles. The summed E-state index contributed by atoms with van der Waals surface area (Å²) in [5, 5.41) is 3.12. The Morgan fingerprint density at radius 1 is 1.33 bits per heavy atom. The second kappa shape index (κ2) is 4.27. The molecular weight excluding hydrogens is 146 g/mol. The summed E-state index contributed by atoms with van der Waals surface area (Å²) >= 11 is 0. The first-order chi connectivity index (χ1) is 5.97. The van der Waals surface area contributed by atoms with Gasteiger partial charge in [-0.3, -0.25) is 0 Å². The van der Waals surface area contributed by atoms with Gasteiger partial charge in [-0.2, -0.15) is 0 Å². The highest BCUT2D eigenvalue weighted by Gasteiger charge is 1.93. The van der Waals surface area contributed by atoms with E-state index >= 15 is 0 Å². The van der Waals surface area contributed by atoms with Crippen molar-refractivity contribution in [3.63, 3.8) is 0 Å². The summed E-state index contributed by atoms with van der Waals surface area (Å²) in [7, 11) is 0. The molecule has 0 radical (unpaired) electrons. The number of hydrogen-bond acceptors (Lipinski definition) is 1. The first-order valence-corrected chi connectivity index (χ1v) is 4.28. The van der Waals surface area contributed by atoms with Gasteiger partial charge >= 0.3 is 0 Å². The lowest BCUT2D eigenvalue weighted by molar-refractivity contribution is 0.589. The fraction of sp³-hybridized carbons (Fsp3) is 0.455. The summed E-state index contributed by atoms with van der Waals surface area (Å²) in [5.74, 6) is 0. The fourth-order valence-corrected chi connectivity index (χ4v) is 0.985. The second-order valence-corrected chi connectivity index (χ2v) is 3.34. The zero-order valence-corrected chi connectivity index (χ0v) is 8.02. The molecule has 0 saturated carbocycles. The van der Waals surface area contributed by atoms with Crippen LogP contribution in [0.15, 0.2) is 24.3 Å². The molecule has 1 nitrogen and oxygen atoms in total. The predicted octanol–water partition coefficient (Wildman–Crippen LogP) is 2.49. The smallest absolute Gasteiger partial charge is 0.0459 e. The summed E-state index contributed by atoms with van der Waals surface area (Å²) in [6, 6.07) is 7.81. The molecule has 0 aliphatic carbocycles. The molecular formula is C11H17N. The minimum atomic E-state index is -0.551. The van der Waals surface area contributed by atoms with E-state index in [9.17, 15) is 0 Å². The molecule has 0 bridgehead atoms. The number of hydrogen-bond donors (Lipinski definition) is 1. The van der Waals surface area contributed by atoms with Crippen LogP contribution in [0.3, 0.4) is 0 Å². The Kier molecular flexibility index (Phi) is 2.78. The van der Waals surface area contributed by atoms with Gasteiger partial charge in [0.25, 0.3) is 0 Å². The Hall–Kier alpha value is -0.820. The lowest BCUT2D eigenvalue weighted by atomic mass is 10.1. The maximum Gasteiger partial charge on any atom is 0.0459 e. The molecule has 0 aliphatic heterocycles. The maximum absolute atomic E-state index is 7.61. The van der Waals surface area contributed by atoms with Gasteiger partial charge in [-0.25, -0.2) is 0 Å². The normalized spacial score (nSPS) is 12.8. The van der Waals surface area contributed by atoms with E-state index in [1.54, 1.807) is 0 Å². The summed E-state index contributed by atoms with van der Waals surface area (Å²) in [4.78, 5) is 0. The van der Waals surface area contributed by atoms with Crippen molar-refractivity contribution in [2.75, 3.05) is 0 Å². The first kappa shape index (κ1) is 7.81. The summed E-state index contributed by atoms with van der Waals surface area (Å²) in [6.07, 6.45) is 0. The molecule has 0 unspecified atom stereocenters. The Morgan fingerprint density at radius 2 is 1.92 bits per heavy atom. The molecule has 1 N–H and O–H groups in total. The van der Waals surface area contributed by atoms with Crippen LogP contribution in [-0.4, -0.2) is 6.02 Å². The van der Waals surface area contributed by atoms with Gasteiger partial charge in [-0.15, -0.1) is 0 Å². The van der Waals surface area contributed by atoms with Crippen molar-refractivity contribution in [2.24, 2.45) is 0 Å². The lowest BCUT2D eigenvalue weighted by Crippen LogP contribution is -2.21. The van der Waals surface area contributed by atoms with Gasteiger partial charge in [0.15, 0.2) is 0 Å². The van der Waals surface area contributed by atoms with E-state index in [4.69, 9.17) is 1.37 Å². The number of benzene rings is 1. The van der Waals surface area contributed by atoms with Crippen LogP contribution in [0.4, 0.5) is 0 Å². The van der Waals surface area contributed by atoms with Crippen LogP contribution in [0.25, 0.3) is 0 Å². The van der Waals surface area contributed by atoms with Gasteiger partial charge in [-0.05, 0) is 12.5 Å². The van der Waals surface area contributed by atoms with Gasteiger partial charge in [0.2, 0.25) is 0 Å². The number of aryl methyl sites for hydroxylation is 1. The van der Waals surface area contributed by atoms with Crippen molar-refractivity contribution in [3.05, 3.63) is 35.4 Å². The van der Waals surface area contributed by atoms with Crippen molar-refractivity contribution in [3.8, 4) is 0 Å². The van der Waals surface area contributed by atoms with E-state index in [0.29, 0.717) is 0 Å². The molecule has 0 saturated heterocycles. The molecule has 1 heteroatoms. The predicted molar refractivity (Wildman–Crippen MR) is 53.2 cm³/mol. The lowest BCUT2D eigenvalue weighted by Gasteiger charge is -2.07. The number of nitrogens with one attached hydrogen (secondary N) is 1. The third-order valence-electron chi connectivity index (χ3n) is 1.77. The molecule has 0 heterocycles. The molecule has 66 valence electrons. The largest absolute Gasteiger partial charge is 0.310 e. The average molecular weight is 164 g/mol. The molecule has 1 aromatic rings. The Balaban J connectivity index is 2.51. The van der Waals surface area contributed by atoms with Crippen molar-refractivity contribution in [1.29, 1.82) is 0 Å². The van der Waals surface area contributed by atoms with Gasteiger partial charge in [0, 0.05) is 13.9 Å². The Bertz CT molecular complexity index is 258. The molecule has 0 fully saturated rings. The summed E-state index contributed by atoms with van der Waals surface area (Å²) in [6.45, 7) is 6.53. The van der Waals surface area contributed by atoms with E-state index in [0.717, 1.165) is 6.54 Å². The van der Waals surface area contributed by atoms with Gasteiger partial charge in [-0.1, -0.05) is 43.7 Å². The quantitative estimate of drug-likeness (QED) is 0.723. The van der Waals surface area contributed by atoms with Crippen molar-refractivity contribution in [1.82, 2.24) is 5.32 Å². The molecule has 0 spiro atoms. The molecule has 1 aromatic carbocycles. The molecule has 0 aliphatic rings. The molecule has 12 heavy (non-hydrogen) atoms. The van der Waals surface area contributed by atoms with Crippen LogP contribution >= 0.6 is 0 Å². The van der Waals surface area contributed by atoms with E-state index in [1.165, 1.54) is 11.1 Å². The molecule has 1 rings (SSSR count). The van der Waals surface area contributed by atoms with Crippen LogP contribution in [0, 0.1) is 6.92 Å². The average Bonchev–Trinajstić information content (AvgIpc) is 2.02. The fourth-order valence-electron chi connectivity index (χ4n) is 0.985. The van der Waals surface area contributed by atoms with Gasteiger partial charge < -0.3 is 5.32 Å². The Morgan fingerprint density at radius 3 is 2.42 bits per heavy atom. The monoisotopic (exact) mass is 164 g/mol.